The minimum absolute atomic E-state index is 0.0656. The minimum Gasteiger partial charge on any atom is -0.491 e. The van der Waals surface area contributed by atoms with E-state index < -0.39 is 22.7 Å². The first-order valence-corrected chi connectivity index (χ1v) is 21.5. The van der Waals surface area contributed by atoms with E-state index in [9.17, 15) is 17.4 Å². The van der Waals surface area contributed by atoms with E-state index in [1.165, 1.54) is 16.6 Å². The Bertz CT molecular complexity index is 2160. The largest absolute Gasteiger partial charge is 0.491 e. The van der Waals surface area contributed by atoms with E-state index in [1.54, 1.807) is 18.2 Å². The monoisotopic (exact) mass is 803 g/mol. The van der Waals surface area contributed by atoms with Crippen molar-refractivity contribution in [2.24, 2.45) is 5.92 Å². The fraction of sp³-hybridized carbons (Fsp3) is 0.455. The third kappa shape index (κ3) is 10.2. The van der Waals surface area contributed by atoms with Crippen LogP contribution in [0.15, 0.2) is 71.9 Å². The van der Waals surface area contributed by atoms with Crippen LogP contribution in [0.1, 0.15) is 81.6 Å². The number of halogens is 3. The maximum absolute atomic E-state index is 13.8. The second-order valence-corrected chi connectivity index (χ2v) is 16.3. The van der Waals surface area contributed by atoms with Crippen LogP contribution < -0.4 is 9.64 Å². The Kier molecular flexibility index (Phi) is 13.5. The molecule has 1 atom stereocenters. The van der Waals surface area contributed by atoms with E-state index in [1.807, 2.05) is 19.1 Å². The van der Waals surface area contributed by atoms with Crippen LogP contribution in [0.2, 0.25) is 0 Å². The Morgan fingerprint density at radius 3 is 2.54 bits per heavy atom. The molecule has 2 aliphatic heterocycles. The summed E-state index contributed by atoms with van der Waals surface area (Å²) >= 11 is 0. The molecule has 2 aliphatic rings. The maximum Gasteiger partial charge on any atom is 0.435 e. The number of hydrogen-bond donors (Lipinski definition) is 1. The van der Waals surface area contributed by atoms with Crippen molar-refractivity contribution >= 4 is 39.2 Å². The Labute approximate surface area is 335 Å². The average molecular weight is 804 g/mol. The Morgan fingerprint density at radius 1 is 0.965 bits per heavy atom. The van der Waals surface area contributed by atoms with Crippen LogP contribution in [-0.2, 0) is 38.7 Å². The van der Waals surface area contributed by atoms with Gasteiger partial charge in [-0.3, -0.25) is 4.21 Å². The zero-order valence-corrected chi connectivity index (χ0v) is 33.6. The number of aromatic amines is 1. The summed E-state index contributed by atoms with van der Waals surface area (Å²) in [6.45, 7) is 9.70. The Morgan fingerprint density at radius 2 is 1.77 bits per heavy atom. The van der Waals surface area contributed by atoms with Crippen LogP contribution in [0.4, 0.5) is 18.9 Å². The van der Waals surface area contributed by atoms with Gasteiger partial charge in [0, 0.05) is 50.0 Å². The third-order valence-corrected chi connectivity index (χ3v) is 12.0. The number of fused-ring (bicyclic) bond motifs is 2. The van der Waals surface area contributed by atoms with Crippen molar-refractivity contribution in [1.29, 1.82) is 0 Å². The predicted molar refractivity (Wildman–Crippen MR) is 220 cm³/mol. The number of hydrogen-bond acceptors (Lipinski definition) is 7. The zero-order chi connectivity index (χ0) is 39.8. The number of rotatable bonds is 16. The molecule has 0 amide bonds. The number of imidazole rings is 2. The lowest BCUT2D eigenvalue weighted by molar-refractivity contribution is -0.141. The summed E-state index contributed by atoms with van der Waals surface area (Å²) in [5.41, 5.74) is 5.85. The van der Waals surface area contributed by atoms with Crippen molar-refractivity contribution in [2.45, 2.75) is 82.2 Å². The molecule has 1 fully saturated rings. The summed E-state index contributed by atoms with van der Waals surface area (Å²) in [6.07, 6.45) is 5.42. The van der Waals surface area contributed by atoms with E-state index in [0.717, 1.165) is 105 Å². The topological polar surface area (TPSA) is 94.5 Å². The number of H-pyrrole nitrogens is 1. The van der Waals surface area contributed by atoms with E-state index in [0.29, 0.717) is 48.0 Å². The van der Waals surface area contributed by atoms with Crippen molar-refractivity contribution < 1.29 is 31.6 Å². The molecule has 13 heteroatoms. The highest BCUT2D eigenvalue weighted by Gasteiger charge is 2.38. The number of unbranched alkanes of at least 4 members (excludes halogenated alkanes) is 1. The lowest BCUT2D eigenvalue weighted by Crippen LogP contribution is -2.34. The number of alkyl halides is 3. The second-order valence-electron chi connectivity index (χ2n) is 14.9. The molecule has 1 saturated heterocycles. The van der Waals surface area contributed by atoms with Crippen molar-refractivity contribution in [2.75, 3.05) is 51.0 Å². The molecule has 4 heterocycles. The summed E-state index contributed by atoms with van der Waals surface area (Å²) in [5, 5.41) is 0. The molecule has 0 unspecified atom stereocenters. The number of anilines is 1. The highest BCUT2D eigenvalue weighted by Crippen LogP contribution is 2.37. The van der Waals surface area contributed by atoms with Gasteiger partial charge >= 0.3 is 6.18 Å². The first-order chi connectivity index (χ1) is 27.7. The lowest BCUT2D eigenvalue weighted by Gasteiger charge is -2.33. The standard InChI is InChI=1S/C44H52F3N5O4S/c1-3-5-20-54-23-24-56-36-11-8-32(9-12-36)33-10-15-40-35(25-33)26-34(7-6-19-51(40)28-31-16-21-55-22-17-31)43-49-38-14-13-37(27-39(38)50-43)57(53)29-41-42(44(45,46)47)48-30-52(41)18-4-2/h8-15,25-27,30-31H,3-7,16-24,28-29H2,1-2H3,(H,49,50)/b34-26+/t57-/m1/s1. The van der Waals surface area contributed by atoms with Gasteiger partial charge in [-0.15, -0.1) is 0 Å². The molecule has 2 aromatic heterocycles. The van der Waals surface area contributed by atoms with Crippen molar-refractivity contribution in [3.63, 3.8) is 0 Å². The predicted octanol–water partition coefficient (Wildman–Crippen LogP) is 9.93. The van der Waals surface area contributed by atoms with Crippen LogP contribution in [-0.4, -0.2) is 69.9 Å². The quantitative estimate of drug-likeness (QED) is 0.0993. The Hall–Kier alpha value is -4.46. The maximum atomic E-state index is 13.8. The molecule has 5 aromatic rings. The van der Waals surface area contributed by atoms with Crippen molar-refractivity contribution in [1.82, 2.24) is 19.5 Å². The fourth-order valence-corrected chi connectivity index (χ4v) is 8.81. The van der Waals surface area contributed by atoms with Gasteiger partial charge in [0.2, 0.25) is 0 Å². The van der Waals surface area contributed by atoms with E-state index >= 15 is 0 Å². The number of benzene rings is 3. The van der Waals surface area contributed by atoms with E-state index in [4.69, 9.17) is 19.2 Å². The summed E-state index contributed by atoms with van der Waals surface area (Å²) in [5.74, 6) is 1.81. The van der Waals surface area contributed by atoms with Crippen LogP contribution in [0.5, 0.6) is 5.75 Å². The Balaban J connectivity index is 1.15. The molecule has 57 heavy (non-hydrogen) atoms. The zero-order valence-electron chi connectivity index (χ0n) is 32.8. The smallest absolute Gasteiger partial charge is 0.435 e. The van der Waals surface area contributed by atoms with Gasteiger partial charge < -0.3 is 28.7 Å². The molecule has 7 rings (SSSR count). The fourth-order valence-electron chi connectivity index (χ4n) is 7.63. The van der Waals surface area contributed by atoms with Gasteiger partial charge in [-0.25, -0.2) is 9.97 Å². The summed E-state index contributed by atoms with van der Waals surface area (Å²) in [4.78, 5) is 15.0. The number of allylic oxidation sites excluding steroid dienone is 1. The molecular weight excluding hydrogens is 752 g/mol. The molecule has 0 bridgehead atoms. The number of ether oxygens (including phenoxy) is 3. The molecule has 0 spiro atoms. The van der Waals surface area contributed by atoms with Gasteiger partial charge in [0.05, 0.1) is 46.2 Å². The third-order valence-electron chi connectivity index (χ3n) is 10.7. The number of aryl methyl sites for hydroxylation is 1. The van der Waals surface area contributed by atoms with Gasteiger partial charge in [0.25, 0.3) is 0 Å². The van der Waals surface area contributed by atoms with Gasteiger partial charge in [0.15, 0.2) is 5.69 Å². The van der Waals surface area contributed by atoms with Crippen LogP contribution in [0.25, 0.3) is 33.8 Å². The van der Waals surface area contributed by atoms with Crippen LogP contribution in [0, 0.1) is 5.92 Å². The highest BCUT2D eigenvalue weighted by molar-refractivity contribution is 7.84. The summed E-state index contributed by atoms with van der Waals surface area (Å²) < 4.78 is 73.7. The minimum atomic E-state index is -4.63. The molecular formula is C44H52F3N5O4S. The van der Waals surface area contributed by atoms with Crippen LogP contribution in [0.3, 0.4) is 0 Å². The molecule has 304 valence electrons. The number of nitrogens with one attached hydrogen (secondary N) is 1. The molecule has 1 N–H and O–H groups in total. The van der Waals surface area contributed by atoms with E-state index in [-0.39, 0.29) is 11.4 Å². The summed E-state index contributed by atoms with van der Waals surface area (Å²) in [6, 6.07) is 20.1. The molecule has 0 aliphatic carbocycles. The van der Waals surface area contributed by atoms with Crippen molar-refractivity contribution in [3.05, 3.63) is 89.8 Å². The van der Waals surface area contributed by atoms with Crippen LogP contribution >= 0.6 is 0 Å². The molecule has 3 aromatic carbocycles. The van der Waals surface area contributed by atoms with E-state index in [2.05, 4.69) is 58.2 Å². The number of nitrogens with zero attached hydrogens (tertiary/aromatic N) is 4. The molecule has 0 radical (unpaired) electrons. The first-order valence-electron chi connectivity index (χ1n) is 20.2. The van der Waals surface area contributed by atoms with Crippen molar-refractivity contribution in [3.8, 4) is 16.9 Å². The average Bonchev–Trinajstić information content (AvgIpc) is 3.82. The summed E-state index contributed by atoms with van der Waals surface area (Å²) in [7, 11) is -1.74. The first kappa shape index (κ1) is 40.7. The lowest BCUT2D eigenvalue weighted by atomic mass is 9.94. The normalized spacial score (nSPS) is 16.9. The van der Waals surface area contributed by atoms with Gasteiger partial charge in [0.1, 0.15) is 18.2 Å². The molecule has 0 saturated carbocycles. The highest BCUT2D eigenvalue weighted by atomic mass is 32.2. The van der Waals surface area contributed by atoms with Gasteiger partial charge in [-0.1, -0.05) is 38.5 Å². The SMILES string of the molecule is CCCCOCCOc1ccc(-c2ccc3c(c2)/C=C(/c2nc4ccc([S@](=O)Cc5c(C(F)(F)F)ncn5CCC)cc4[nH]2)CCCN3CC2CCOCC2)cc1. The number of aromatic nitrogens is 4. The second kappa shape index (κ2) is 18.9. The van der Waals surface area contributed by atoms with Gasteiger partial charge in [-0.2, -0.15) is 13.2 Å². The molecule has 9 nitrogen and oxygen atoms in total. The van der Waals surface area contributed by atoms with Gasteiger partial charge in [-0.05, 0) is 115 Å².